The molecule has 2 heterocycles. The van der Waals surface area contributed by atoms with Gasteiger partial charge in [0, 0.05) is 31.0 Å². The van der Waals surface area contributed by atoms with Crippen molar-refractivity contribution >= 4 is 17.3 Å². The summed E-state index contributed by atoms with van der Waals surface area (Å²) in [7, 11) is 1.86. The Morgan fingerprint density at radius 2 is 2.21 bits per heavy atom. The van der Waals surface area contributed by atoms with Crippen molar-refractivity contribution in [1.82, 2.24) is 9.78 Å². The highest BCUT2D eigenvalue weighted by Gasteiger charge is 2.29. The monoisotopic (exact) mass is 277 g/mol. The minimum atomic E-state index is 0.119. The summed E-state index contributed by atoms with van der Waals surface area (Å²) in [6.07, 6.45) is 2.81. The minimum Gasteiger partial charge on any atom is -0.394 e. The first-order valence-corrected chi connectivity index (χ1v) is 6.70. The summed E-state index contributed by atoms with van der Waals surface area (Å²) in [5.74, 6) is 0. The lowest BCUT2D eigenvalue weighted by Gasteiger charge is -2.25. The number of para-hydroxylation sites is 1. The number of aliphatic hydroxyl groups is 1. The Hall–Kier alpha value is -1.52. The van der Waals surface area contributed by atoms with Crippen molar-refractivity contribution in [2.24, 2.45) is 7.05 Å². The van der Waals surface area contributed by atoms with Gasteiger partial charge in [0.1, 0.15) is 0 Å². The predicted molar refractivity (Wildman–Crippen MR) is 75.4 cm³/mol. The molecular weight excluding hydrogens is 262 g/mol. The second-order valence-electron chi connectivity index (χ2n) is 4.92. The molecule has 0 radical (unpaired) electrons. The molecule has 1 aromatic carbocycles. The molecule has 1 aromatic heterocycles. The van der Waals surface area contributed by atoms with E-state index < -0.39 is 0 Å². The van der Waals surface area contributed by atoms with Crippen LogP contribution in [0.1, 0.15) is 11.1 Å². The molecule has 1 unspecified atom stereocenters. The van der Waals surface area contributed by atoms with Gasteiger partial charge in [0.25, 0.3) is 0 Å². The Balaban J connectivity index is 1.92. The zero-order chi connectivity index (χ0) is 13.4. The molecule has 1 aliphatic rings. The molecule has 0 spiro atoms. The van der Waals surface area contributed by atoms with E-state index in [2.05, 4.69) is 22.1 Å². The van der Waals surface area contributed by atoms with Crippen LogP contribution in [0.5, 0.6) is 0 Å². The summed E-state index contributed by atoms with van der Waals surface area (Å²) in [5, 5.41) is 14.2. The van der Waals surface area contributed by atoms with Crippen molar-refractivity contribution in [3.05, 3.63) is 46.7 Å². The van der Waals surface area contributed by atoms with Gasteiger partial charge < -0.3 is 10.0 Å². The van der Waals surface area contributed by atoms with Gasteiger partial charge in [-0.25, -0.2) is 0 Å². The second kappa shape index (κ2) is 4.87. The van der Waals surface area contributed by atoms with E-state index in [1.807, 2.05) is 25.4 Å². The van der Waals surface area contributed by atoms with E-state index in [0.29, 0.717) is 11.7 Å². The number of benzene rings is 1. The van der Waals surface area contributed by atoms with Gasteiger partial charge in [0.05, 0.1) is 12.6 Å². The van der Waals surface area contributed by atoms with E-state index in [0.717, 1.165) is 12.0 Å². The Labute approximate surface area is 117 Å². The molecule has 19 heavy (non-hydrogen) atoms. The number of halogens is 1. The van der Waals surface area contributed by atoms with E-state index in [4.69, 9.17) is 11.6 Å². The lowest BCUT2D eigenvalue weighted by atomic mass is 10.1. The van der Waals surface area contributed by atoms with Gasteiger partial charge in [-0.05, 0) is 18.1 Å². The van der Waals surface area contributed by atoms with Crippen LogP contribution in [0.4, 0.5) is 5.69 Å². The molecule has 0 saturated carbocycles. The van der Waals surface area contributed by atoms with Crippen LogP contribution in [0.15, 0.2) is 30.5 Å². The molecule has 2 aromatic rings. The molecule has 0 amide bonds. The fourth-order valence-electron chi connectivity index (χ4n) is 2.70. The molecule has 5 heteroatoms. The average Bonchev–Trinajstić information content (AvgIpc) is 2.91. The molecular formula is C14H16ClN3O. The van der Waals surface area contributed by atoms with Gasteiger partial charge >= 0.3 is 0 Å². The van der Waals surface area contributed by atoms with Crippen LogP contribution in [0, 0.1) is 0 Å². The maximum Gasteiger partial charge on any atom is 0.156 e. The number of aliphatic hydroxyl groups excluding tert-OH is 1. The van der Waals surface area contributed by atoms with Crippen LogP contribution in [0.25, 0.3) is 0 Å². The highest BCUT2D eigenvalue weighted by atomic mass is 35.5. The first-order valence-electron chi connectivity index (χ1n) is 6.32. The van der Waals surface area contributed by atoms with Gasteiger partial charge in [-0.3, -0.25) is 4.68 Å². The lowest BCUT2D eigenvalue weighted by Crippen LogP contribution is -2.34. The van der Waals surface area contributed by atoms with Crippen molar-refractivity contribution < 1.29 is 5.11 Å². The third-order valence-corrected chi connectivity index (χ3v) is 3.92. The van der Waals surface area contributed by atoms with E-state index in [1.54, 1.807) is 4.68 Å². The van der Waals surface area contributed by atoms with Crippen LogP contribution in [0.2, 0.25) is 5.15 Å². The summed E-state index contributed by atoms with van der Waals surface area (Å²) in [4.78, 5) is 2.21. The zero-order valence-electron chi connectivity index (χ0n) is 10.8. The zero-order valence-corrected chi connectivity index (χ0v) is 11.5. The molecule has 3 rings (SSSR count). The summed E-state index contributed by atoms with van der Waals surface area (Å²) >= 11 is 6.12. The minimum absolute atomic E-state index is 0.119. The van der Waals surface area contributed by atoms with Crippen molar-refractivity contribution in [3.8, 4) is 0 Å². The number of aryl methyl sites for hydroxylation is 1. The average molecular weight is 278 g/mol. The highest BCUT2D eigenvalue weighted by Crippen LogP contribution is 2.33. The standard InChI is InChI=1S/C14H16ClN3O/c1-17-7-11(14(15)16-17)8-18-12(9-19)6-10-4-2-3-5-13(10)18/h2-5,7,12,19H,6,8-9H2,1H3. The normalized spacial score (nSPS) is 17.8. The molecule has 0 fully saturated rings. The lowest BCUT2D eigenvalue weighted by molar-refractivity contribution is 0.262. The van der Waals surface area contributed by atoms with Gasteiger partial charge in [-0.2, -0.15) is 5.10 Å². The second-order valence-corrected chi connectivity index (χ2v) is 5.27. The van der Waals surface area contributed by atoms with Gasteiger partial charge in [-0.1, -0.05) is 29.8 Å². The SMILES string of the molecule is Cn1cc(CN2c3ccccc3CC2CO)c(Cl)n1. The number of hydrogen-bond donors (Lipinski definition) is 1. The number of aromatic nitrogens is 2. The van der Waals surface area contributed by atoms with Crippen LogP contribution < -0.4 is 4.90 Å². The van der Waals surface area contributed by atoms with Crippen molar-refractivity contribution in [1.29, 1.82) is 0 Å². The maximum atomic E-state index is 9.57. The van der Waals surface area contributed by atoms with Gasteiger partial charge in [0.2, 0.25) is 0 Å². The first-order chi connectivity index (χ1) is 9.19. The number of nitrogens with zero attached hydrogens (tertiary/aromatic N) is 3. The van der Waals surface area contributed by atoms with E-state index in [-0.39, 0.29) is 12.6 Å². The van der Waals surface area contributed by atoms with Crippen LogP contribution in [-0.2, 0) is 20.0 Å². The molecule has 0 bridgehead atoms. The van der Waals surface area contributed by atoms with Crippen LogP contribution in [-0.4, -0.2) is 27.5 Å². The smallest absolute Gasteiger partial charge is 0.156 e. The summed E-state index contributed by atoms with van der Waals surface area (Å²) < 4.78 is 1.72. The number of hydrogen-bond acceptors (Lipinski definition) is 3. The number of rotatable bonds is 3. The van der Waals surface area contributed by atoms with Gasteiger partial charge in [-0.15, -0.1) is 0 Å². The Kier molecular flexibility index (Phi) is 3.21. The third kappa shape index (κ3) is 2.22. The molecule has 1 N–H and O–H groups in total. The highest BCUT2D eigenvalue weighted by molar-refractivity contribution is 6.30. The molecule has 1 aliphatic heterocycles. The maximum absolute atomic E-state index is 9.57. The molecule has 0 aliphatic carbocycles. The molecule has 0 saturated heterocycles. The Morgan fingerprint density at radius 1 is 1.42 bits per heavy atom. The Morgan fingerprint density at radius 3 is 2.89 bits per heavy atom. The largest absolute Gasteiger partial charge is 0.394 e. The summed E-state index contributed by atoms with van der Waals surface area (Å²) in [5.41, 5.74) is 3.45. The van der Waals surface area contributed by atoms with Crippen LogP contribution in [0.3, 0.4) is 0 Å². The number of anilines is 1. The summed E-state index contributed by atoms with van der Waals surface area (Å²) in [6.45, 7) is 0.821. The molecule has 100 valence electrons. The van der Waals surface area contributed by atoms with Gasteiger partial charge in [0.15, 0.2) is 5.15 Å². The number of fused-ring (bicyclic) bond motifs is 1. The third-order valence-electron chi connectivity index (χ3n) is 3.60. The van der Waals surface area contributed by atoms with E-state index in [9.17, 15) is 5.11 Å². The molecule has 4 nitrogen and oxygen atoms in total. The fraction of sp³-hybridized carbons (Fsp3) is 0.357. The van der Waals surface area contributed by atoms with Crippen molar-refractivity contribution in [2.75, 3.05) is 11.5 Å². The summed E-state index contributed by atoms with van der Waals surface area (Å²) in [6, 6.07) is 8.39. The first kappa shape index (κ1) is 12.5. The predicted octanol–water partition coefficient (Wildman–Crippen LogP) is 2.00. The fourth-order valence-corrected chi connectivity index (χ4v) is 2.93. The van der Waals surface area contributed by atoms with E-state index >= 15 is 0 Å². The topological polar surface area (TPSA) is 41.3 Å². The van der Waals surface area contributed by atoms with Crippen molar-refractivity contribution in [3.63, 3.8) is 0 Å². The van der Waals surface area contributed by atoms with E-state index in [1.165, 1.54) is 11.3 Å². The van der Waals surface area contributed by atoms with Crippen molar-refractivity contribution in [2.45, 2.75) is 19.0 Å². The Bertz CT molecular complexity index is 596. The van der Waals surface area contributed by atoms with Crippen LogP contribution >= 0.6 is 11.6 Å². The quantitative estimate of drug-likeness (QED) is 0.933. The molecule has 1 atom stereocenters.